The number of hydrogen-bond acceptors (Lipinski definition) is 5. The highest BCUT2D eigenvalue weighted by atomic mass is 35.5. The summed E-state index contributed by atoms with van der Waals surface area (Å²) in [5.41, 5.74) is 1.11. The van der Waals surface area contributed by atoms with Crippen LogP contribution in [0.3, 0.4) is 0 Å². The van der Waals surface area contributed by atoms with Gasteiger partial charge in [0.15, 0.2) is 5.75 Å². The molecule has 1 aromatic heterocycles. The predicted molar refractivity (Wildman–Crippen MR) is 130 cm³/mol. The summed E-state index contributed by atoms with van der Waals surface area (Å²) in [6.45, 7) is 9.18. The summed E-state index contributed by atoms with van der Waals surface area (Å²) >= 11 is 5.94. The van der Waals surface area contributed by atoms with Crippen molar-refractivity contribution in [3.63, 3.8) is 0 Å². The fourth-order valence-corrected chi connectivity index (χ4v) is 5.06. The molecule has 0 radical (unpaired) electrons. The van der Waals surface area contributed by atoms with Gasteiger partial charge in [-0.25, -0.2) is 9.18 Å². The summed E-state index contributed by atoms with van der Waals surface area (Å²) in [5.74, 6) is 0.404. The molecular formula is C25H24ClFN4O3. The number of hydrogen-bond donors (Lipinski definition) is 0. The van der Waals surface area contributed by atoms with Crippen molar-refractivity contribution in [3.8, 4) is 16.9 Å². The van der Waals surface area contributed by atoms with Gasteiger partial charge in [-0.3, -0.25) is 9.36 Å². The number of rotatable bonds is 3. The van der Waals surface area contributed by atoms with Gasteiger partial charge in [0.25, 0.3) is 0 Å². The molecular weight excluding hydrogens is 459 g/mol. The smallest absolute Gasteiger partial charge is 0.350 e. The number of carbonyl (C=O) groups excluding carboxylic acids is 1. The molecule has 0 bridgehead atoms. The third kappa shape index (κ3) is 3.53. The van der Waals surface area contributed by atoms with Crippen LogP contribution in [0.1, 0.15) is 13.8 Å². The average Bonchev–Trinajstić information content (AvgIpc) is 2.82. The Morgan fingerprint density at radius 3 is 2.71 bits per heavy atom. The van der Waals surface area contributed by atoms with Crippen molar-refractivity contribution in [2.75, 3.05) is 24.6 Å². The predicted octanol–water partition coefficient (Wildman–Crippen LogP) is 3.86. The molecule has 1 saturated heterocycles. The van der Waals surface area contributed by atoms with Crippen molar-refractivity contribution in [1.29, 1.82) is 0 Å². The van der Waals surface area contributed by atoms with Crippen molar-refractivity contribution >= 4 is 34.2 Å². The van der Waals surface area contributed by atoms with E-state index >= 15 is 0 Å². The molecule has 1 amide bonds. The summed E-state index contributed by atoms with van der Waals surface area (Å²) < 4.78 is 22.4. The topological polar surface area (TPSA) is 67.7 Å². The van der Waals surface area contributed by atoms with Gasteiger partial charge in [-0.2, -0.15) is 4.98 Å². The SMILES string of the molecule is C=CC(=O)N1C[C@H](C)N(c2nc(=O)n3c4c(c(-c5ccc(Cl)cc5F)ccc24)OCC3)C[C@H]1C. The highest BCUT2D eigenvalue weighted by Gasteiger charge is 2.34. The van der Waals surface area contributed by atoms with E-state index < -0.39 is 5.82 Å². The standard InChI is InChI=1S/C25H24ClFN4O3/c1-4-21(32)30-12-15(3)31(13-14(30)2)24-19-8-7-18(17-6-5-16(26)11-20(17)27)23-22(19)29(9-10-34-23)25(33)28-24/h4-8,11,14-15H,1,9-10,12-13H2,2-3H3/t14-,15+/m1/s1. The lowest BCUT2D eigenvalue weighted by molar-refractivity contribution is -0.128. The normalized spacial score (nSPS) is 19.8. The highest BCUT2D eigenvalue weighted by Crippen LogP contribution is 2.42. The Morgan fingerprint density at radius 2 is 1.97 bits per heavy atom. The van der Waals surface area contributed by atoms with E-state index in [2.05, 4.69) is 16.5 Å². The van der Waals surface area contributed by atoms with Crippen LogP contribution in [-0.2, 0) is 11.3 Å². The Morgan fingerprint density at radius 1 is 1.21 bits per heavy atom. The number of piperazine rings is 1. The molecule has 176 valence electrons. The number of halogens is 2. The molecule has 0 unspecified atom stereocenters. The van der Waals surface area contributed by atoms with E-state index in [-0.39, 0.29) is 30.3 Å². The molecule has 0 spiro atoms. The molecule has 2 aromatic carbocycles. The van der Waals surface area contributed by atoms with Gasteiger partial charge in [0.2, 0.25) is 5.91 Å². The van der Waals surface area contributed by atoms with E-state index in [9.17, 15) is 14.0 Å². The number of aromatic nitrogens is 2. The lowest BCUT2D eigenvalue weighted by Gasteiger charge is -2.44. The van der Waals surface area contributed by atoms with Gasteiger partial charge >= 0.3 is 5.69 Å². The minimum atomic E-state index is -0.467. The molecule has 0 saturated carbocycles. The summed E-state index contributed by atoms with van der Waals surface area (Å²) in [7, 11) is 0. The van der Waals surface area contributed by atoms with Crippen LogP contribution in [0.15, 0.2) is 47.8 Å². The second-order valence-corrected chi connectivity index (χ2v) is 9.16. The van der Waals surface area contributed by atoms with E-state index in [1.54, 1.807) is 27.7 Å². The first kappa shape index (κ1) is 22.4. The fraction of sp³-hybridized carbons (Fsp3) is 0.320. The first-order valence-corrected chi connectivity index (χ1v) is 11.5. The molecule has 1 fully saturated rings. The third-order valence-corrected chi connectivity index (χ3v) is 6.81. The van der Waals surface area contributed by atoms with Crippen LogP contribution in [0.4, 0.5) is 10.2 Å². The lowest BCUT2D eigenvalue weighted by Crippen LogP contribution is -2.58. The monoisotopic (exact) mass is 482 g/mol. The van der Waals surface area contributed by atoms with Crippen LogP contribution in [-0.4, -0.2) is 52.1 Å². The number of anilines is 1. The largest absolute Gasteiger partial charge is 0.489 e. The minimum absolute atomic E-state index is 0.0771. The summed E-state index contributed by atoms with van der Waals surface area (Å²) in [6, 6.07) is 7.97. The number of nitrogens with zero attached hydrogens (tertiary/aromatic N) is 4. The lowest BCUT2D eigenvalue weighted by atomic mass is 10.00. The van der Waals surface area contributed by atoms with Gasteiger partial charge in [0.1, 0.15) is 18.2 Å². The zero-order chi connectivity index (χ0) is 24.1. The van der Waals surface area contributed by atoms with Crippen molar-refractivity contribution in [2.45, 2.75) is 32.5 Å². The zero-order valence-electron chi connectivity index (χ0n) is 18.9. The Bertz CT molecular complexity index is 1390. The molecule has 7 nitrogen and oxygen atoms in total. The molecule has 5 rings (SSSR count). The van der Waals surface area contributed by atoms with Crippen LogP contribution in [0.25, 0.3) is 22.0 Å². The van der Waals surface area contributed by atoms with Crippen LogP contribution in [0, 0.1) is 5.82 Å². The second kappa shape index (κ2) is 8.43. The van der Waals surface area contributed by atoms with E-state index in [1.807, 2.05) is 19.9 Å². The first-order valence-electron chi connectivity index (χ1n) is 11.2. The Kier molecular flexibility index (Phi) is 5.56. The molecule has 34 heavy (non-hydrogen) atoms. The van der Waals surface area contributed by atoms with Crippen LogP contribution < -0.4 is 15.3 Å². The minimum Gasteiger partial charge on any atom is -0.489 e. The van der Waals surface area contributed by atoms with Crippen molar-refractivity contribution in [1.82, 2.24) is 14.5 Å². The van der Waals surface area contributed by atoms with Gasteiger partial charge < -0.3 is 14.5 Å². The molecule has 2 aliphatic rings. The average molecular weight is 483 g/mol. The quantitative estimate of drug-likeness (QED) is 0.530. The maximum Gasteiger partial charge on any atom is 0.350 e. The molecule has 2 atom stereocenters. The Balaban J connectivity index is 1.68. The third-order valence-electron chi connectivity index (χ3n) is 6.57. The maximum atomic E-state index is 14.8. The van der Waals surface area contributed by atoms with E-state index in [0.717, 1.165) is 5.39 Å². The van der Waals surface area contributed by atoms with E-state index in [1.165, 1.54) is 12.1 Å². The molecule has 9 heteroatoms. The van der Waals surface area contributed by atoms with Gasteiger partial charge in [-0.05, 0) is 50.3 Å². The highest BCUT2D eigenvalue weighted by molar-refractivity contribution is 6.30. The number of benzene rings is 2. The molecule has 0 aliphatic carbocycles. The van der Waals surface area contributed by atoms with Crippen LogP contribution in [0.5, 0.6) is 5.75 Å². The number of amides is 1. The number of carbonyl (C=O) groups is 1. The summed E-state index contributed by atoms with van der Waals surface area (Å²) in [6.07, 6.45) is 1.32. The van der Waals surface area contributed by atoms with Gasteiger partial charge in [-0.15, -0.1) is 0 Å². The van der Waals surface area contributed by atoms with Gasteiger partial charge in [0, 0.05) is 46.7 Å². The molecule has 0 N–H and O–H groups in total. The molecule has 2 aliphatic heterocycles. The first-order chi connectivity index (χ1) is 16.3. The van der Waals surface area contributed by atoms with Crippen molar-refractivity contribution in [3.05, 3.63) is 64.3 Å². The Hall–Kier alpha value is -3.39. The van der Waals surface area contributed by atoms with Gasteiger partial charge in [-0.1, -0.05) is 18.2 Å². The fourth-order valence-electron chi connectivity index (χ4n) is 4.90. The summed E-state index contributed by atoms with van der Waals surface area (Å²) in [5, 5.41) is 1.05. The van der Waals surface area contributed by atoms with Crippen LogP contribution >= 0.6 is 11.6 Å². The molecule has 3 heterocycles. The zero-order valence-corrected chi connectivity index (χ0v) is 19.7. The molecule has 3 aromatic rings. The van der Waals surface area contributed by atoms with Crippen molar-refractivity contribution in [2.24, 2.45) is 0 Å². The Labute approximate surface area is 201 Å². The van der Waals surface area contributed by atoms with Gasteiger partial charge in [0.05, 0.1) is 12.1 Å². The maximum absolute atomic E-state index is 14.8. The van der Waals surface area contributed by atoms with E-state index in [0.29, 0.717) is 52.9 Å². The summed E-state index contributed by atoms with van der Waals surface area (Å²) in [4.78, 5) is 33.6. The number of ether oxygens (including phenoxy) is 1. The van der Waals surface area contributed by atoms with Crippen molar-refractivity contribution < 1.29 is 13.9 Å². The second-order valence-electron chi connectivity index (χ2n) is 8.73. The van der Waals surface area contributed by atoms with Crippen LogP contribution in [0.2, 0.25) is 5.02 Å². The van der Waals surface area contributed by atoms with E-state index in [4.69, 9.17) is 16.3 Å².